The van der Waals surface area contributed by atoms with E-state index in [9.17, 15) is 13.2 Å². The summed E-state index contributed by atoms with van der Waals surface area (Å²) in [5.41, 5.74) is 4.66. The fourth-order valence-corrected chi connectivity index (χ4v) is 2.41. The lowest BCUT2D eigenvalue weighted by molar-refractivity contribution is -0.141. The predicted octanol–water partition coefficient (Wildman–Crippen LogP) is 2.00. The highest BCUT2D eigenvalue weighted by Crippen LogP contribution is 2.31. The van der Waals surface area contributed by atoms with Crippen LogP contribution in [0.15, 0.2) is 12.1 Å². The number of amidine groups is 1. The summed E-state index contributed by atoms with van der Waals surface area (Å²) in [7, 11) is 0. The molecule has 21 heavy (non-hydrogen) atoms. The van der Waals surface area contributed by atoms with Crippen LogP contribution >= 0.6 is 0 Å². The average Bonchev–Trinajstić information content (AvgIpc) is 2.35. The Hall–Kier alpha value is -1.83. The normalized spacial score (nSPS) is 23.2. The highest BCUT2D eigenvalue weighted by Gasteiger charge is 2.34. The Balaban J connectivity index is 2.45. The summed E-state index contributed by atoms with van der Waals surface area (Å²) in [6.07, 6.45) is -4.80. The Morgan fingerprint density at radius 1 is 1.33 bits per heavy atom. The van der Waals surface area contributed by atoms with Crippen molar-refractivity contribution in [1.82, 2.24) is 4.98 Å². The van der Waals surface area contributed by atoms with E-state index in [1.54, 1.807) is 4.90 Å². The van der Waals surface area contributed by atoms with Crippen molar-refractivity contribution < 1.29 is 17.9 Å². The number of nitrogen functional groups attached to an aromatic ring is 1. The molecule has 0 spiro atoms. The Bertz CT molecular complexity index is 537. The van der Waals surface area contributed by atoms with E-state index in [0.29, 0.717) is 13.1 Å². The molecule has 1 aliphatic rings. The summed E-state index contributed by atoms with van der Waals surface area (Å²) in [5, 5.41) is 7.52. The molecule has 0 aliphatic carbocycles. The number of anilines is 1. The van der Waals surface area contributed by atoms with Gasteiger partial charge in [0.15, 0.2) is 0 Å². The van der Waals surface area contributed by atoms with Gasteiger partial charge in [0.05, 0.1) is 17.8 Å². The van der Waals surface area contributed by atoms with Gasteiger partial charge in [-0.3, -0.25) is 5.41 Å². The van der Waals surface area contributed by atoms with E-state index in [2.05, 4.69) is 4.98 Å². The first-order chi connectivity index (χ1) is 9.68. The minimum absolute atomic E-state index is 0.0827. The van der Waals surface area contributed by atoms with E-state index in [0.717, 1.165) is 6.07 Å². The van der Waals surface area contributed by atoms with E-state index in [1.165, 1.54) is 6.07 Å². The molecule has 0 saturated carbocycles. The number of ether oxygens (including phenoxy) is 1. The van der Waals surface area contributed by atoms with Gasteiger partial charge in [0, 0.05) is 13.1 Å². The zero-order valence-corrected chi connectivity index (χ0v) is 11.7. The van der Waals surface area contributed by atoms with E-state index in [1.807, 2.05) is 13.8 Å². The van der Waals surface area contributed by atoms with Gasteiger partial charge in [-0.2, -0.15) is 13.2 Å². The van der Waals surface area contributed by atoms with Crippen molar-refractivity contribution in [2.24, 2.45) is 5.73 Å². The van der Waals surface area contributed by atoms with Gasteiger partial charge in [-0.25, -0.2) is 4.98 Å². The quantitative estimate of drug-likeness (QED) is 0.647. The van der Waals surface area contributed by atoms with Crippen LogP contribution in [0.5, 0.6) is 0 Å². The standard InChI is InChI=1S/C13H17F3N4O/c1-7-5-20(6-8(2)21-7)12-9(11(17)18)3-4-10(19-12)13(14,15)16/h3-4,7-8H,5-6H2,1-2H3,(H3,17,18). The number of pyridine rings is 1. The minimum atomic E-state index is -4.53. The highest BCUT2D eigenvalue weighted by molar-refractivity contribution is 5.99. The Kier molecular flexibility index (Phi) is 4.08. The molecule has 116 valence electrons. The second-order valence-electron chi connectivity index (χ2n) is 5.14. The molecule has 2 heterocycles. The molecule has 1 aromatic heterocycles. The van der Waals surface area contributed by atoms with E-state index >= 15 is 0 Å². The maximum absolute atomic E-state index is 12.8. The summed E-state index contributed by atoms with van der Waals surface area (Å²) in [6.45, 7) is 4.48. The van der Waals surface area contributed by atoms with Crippen molar-refractivity contribution in [2.45, 2.75) is 32.2 Å². The van der Waals surface area contributed by atoms with Gasteiger partial charge in [0.1, 0.15) is 17.3 Å². The van der Waals surface area contributed by atoms with Gasteiger partial charge in [-0.1, -0.05) is 0 Å². The van der Waals surface area contributed by atoms with Crippen LogP contribution in [0, 0.1) is 5.41 Å². The molecule has 0 radical (unpaired) electrons. The summed E-state index contributed by atoms with van der Waals surface area (Å²) in [4.78, 5) is 5.37. The van der Waals surface area contributed by atoms with Crippen molar-refractivity contribution >= 4 is 11.7 Å². The molecule has 1 aromatic rings. The third-order valence-corrected chi connectivity index (χ3v) is 3.17. The third kappa shape index (κ3) is 3.44. The monoisotopic (exact) mass is 302 g/mol. The zero-order valence-electron chi connectivity index (χ0n) is 11.7. The number of nitrogens with two attached hydrogens (primary N) is 1. The molecule has 2 rings (SSSR count). The van der Waals surface area contributed by atoms with Crippen LogP contribution in [0.25, 0.3) is 0 Å². The van der Waals surface area contributed by atoms with E-state index < -0.39 is 11.9 Å². The van der Waals surface area contributed by atoms with Crippen LogP contribution in [0.4, 0.5) is 19.0 Å². The van der Waals surface area contributed by atoms with Crippen molar-refractivity contribution in [3.05, 3.63) is 23.4 Å². The number of alkyl halides is 3. The first-order valence-electron chi connectivity index (χ1n) is 6.51. The van der Waals surface area contributed by atoms with Gasteiger partial charge in [0.2, 0.25) is 0 Å². The average molecular weight is 302 g/mol. The van der Waals surface area contributed by atoms with Crippen LogP contribution in [0.2, 0.25) is 0 Å². The molecule has 0 amide bonds. The first-order valence-corrected chi connectivity index (χ1v) is 6.51. The largest absolute Gasteiger partial charge is 0.433 e. The van der Waals surface area contributed by atoms with Gasteiger partial charge < -0.3 is 15.4 Å². The lowest BCUT2D eigenvalue weighted by Gasteiger charge is -2.37. The predicted molar refractivity (Wildman–Crippen MR) is 72.5 cm³/mol. The second kappa shape index (κ2) is 5.51. The van der Waals surface area contributed by atoms with Crippen molar-refractivity contribution in [2.75, 3.05) is 18.0 Å². The lowest BCUT2D eigenvalue weighted by atomic mass is 10.1. The van der Waals surface area contributed by atoms with Crippen LogP contribution in [0.3, 0.4) is 0 Å². The molecular weight excluding hydrogens is 285 g/mol. The maximum atomic E-state index is 12.8. The molecule has 1 aliphatic heterocycles. The summed E-state index contributed by atoms with van der Waals surface area (Å²) >= 11 is 0. The topological polar surface area (TPSA) is 75.2 Å². The van der Waals surface area contributed by atoms with Gasteiger partial charge in [0.25, 0.3) is 0 Å². The van der Waals surface area contributed by atoms with Crippen LogP contribution < -0.4 is 10.6 Å². The fourth-order valence-electron chi connectivity index (χ4n) is 2.41. The number of rotatable bonds is 2. The molecule has 5 nitrogen and oxygen atoms in total. The summed E-state index contributed by atoms with van der Waals surface area (Å²) in [6, 6.07) is 2.03. The van der Waals surface area contributed by atoms with Crippen molar-refractivity contribution in [1.29, 1.82) is 5.41 Å². The molecule has 8 heteroatoms. The summed E-state index contributed by atoms with van der Waals surface area (Å²) in [5.74, 6) is -0.225. The van der Waals surface area contributed by atoms with Gasteiger partial charge >= 0.3 is 6.18 Å². The smallest absolute Gasteiger partial charge is 0.384 e. The lowest BCUT2D eigenvalue weighted by Crippen LogP contribution is -2.46. The number of hydrogen-bond donors (Lipinski definition) is 2. The summed E-state index contributed by atoms with van der Waals surface area (Å²) < 4.78 is 44.1. The number of aromatic nitrogens is 1. The zero-order chi connectivity index (χ0) is 15.8. The number of morpholine rings is 1. The SMILES string of the molecule is CC1CN(c2nc(C(F)(F)F)ccc2C(=N)N)CC(C)O1. The highest BCUT2D eigenvalue weighted by atomic mass is 19.4. The fraction of sp³-hybridized carbons (Fsp3) is 0.538. The van der Waals surface area contributed by atoms with Gasteiger partial charge in [-0.15, -0.1) is 0 Å². The second-order valence-corrected chi connectivity index (χ2v) is 5.14. The van der Waals surface area contributed by atoms with Crippen LogP contribution in [-0.4, -0.2) is 36.1 Å². The van der Waals surface area contributed by atoms with Crippen LogP contribution in [-0.2, 0) is 10.9 Å². The molecule has 2 atom stereocenters. The van der Waals surface area contributed by atoms with E-state index in [4.69, 9.17) is 15.9 Å². The Labute approximate surface area is 120 Å². The third-order valence-electron chi connectivity index (χ3n) is 3.17. The number of halogens is 3. The van der Waals surface area contributed by atoms with Crippen molar-refractivity contribution in [3.63, 3.8) is 0 Å². The number of hydrogen-bond acceptors (Lipinski definition) is 4. The molecule has 1 saturated heterocycles. The molecule has 0 bridgehead atoms. The molecular formula is C13H17F3N4O. The molecule has 3 N–H and O–H groups in total. The number of nitrogens with one attached hydrogen (secondary N) is 1. The van der Waals surface area contributed by atoms with Crippen LogP contribution in [0.1, 0.15) is 25.1 Å². The molecule has 2 unspecified atom stereocenters. The molecule has 0 aromatic carbocycles. The Morgan fingerprint density at radius 3 is 2.38 bits per heavy atom. The van der Waals surface area contributed by atoms with E-state index in [-0.39, 0.29) is 29.4 Å². The van der Waals surface area contributed by atoms with Gasteiger partial charge in [-0.05, 0) is 26.0 Å². The first kappa shape index (κ1) is 15.6. The number of nitrogens with zero attached hydrogens (tertiary/aromatic N) is 2. The minimum Gasteiger partial charge on any atom is -0.384 e. The van der Waals surface area contributed by atoms with Crippen molar-refractivity contribution in [3.8, 4) is 0 Å². The molecule has 1 fully saturated rings. The maximum Gasteiger partial charge on any atom is 0.433 e. The Morgan fingerprint density at radius 2 is 1.90 bits per heavy atom.